The van der Waals surface area contributed by atoms with Crippen molar-refractivity contribution in [3.63, 3.8) is 0 Å². The molecule has 30 heavy (non-hydrogen) atoms. The highest BCUT2D eigenvalue weighted by Crippen LogP contribution is 2.40. The second kappa shape index (κ2) is 7.03. The summed E-state index contributed by atoms with van der Waals surface area (Å²) >= 11 is 0. The molecule has 0 N–H and O–H groups in total. The maximum absolute atomic E-state index is 13.9. The summed E-state index contributed by atoms with van der Waals surface area (Å²) in [7, 11) is -3.64. The van der Waals surface area contributed by atoms with Crippen molar-refractivity contribution in [3.05, 3.63) is 65.6 Å². The standard InChI is InChI=1S/C21H18FN3O4S/c22-14-4-3-5-15(12-14)25-20-16-6-1-2-7-18(16)30(27,28)13-17(20)19(23-25)21(26)24-8-10-29-11-9-24/h1-7,12H,8-11,13H2. The number of sulfone groups is 1. The van der Waals surface area contributed by atoms with E-state index in [1.807, 2.05) is 0 Å². The van der Waals surface area contributed by atoms with Crippen LogP contribution in [-0.2, 0) is 20.3 Å². The molecule has 0 radical (unpaired) electrons. The van der Waals surface area contributed by atoms with Gasteiger partial charge in [0.1, 0.15) is 5.82 Å². The number of carbonyl (C=O) groups is 1. The number of hydrogen-bond donors (Lipinski definition) is 0. The molecule has 154 valence electrons. The number of rotatable bonds is 2. The summed E-state index contributed by atoms with van der Waals surface area (Å²) in [5, 5.41) is 4.50. The van der Waals surface area contributed by atoms with Crippen molar-refractivity contribution in [2.24, 2.45) is 0 Å². The Kier molecular flexibility index (Phi) is 4.44. The summed E-state index contributed by atoms with van der Waals surface area (Å²) in [5.41, 5.74) is 1.80. The minimum Gasteiger partial charge on any atom is -0.378 e. The average Bonchev–Trinajstić information content (AvgIpc) is 3.12. The first-order chi connectivity index (χ1) is 14.5. The van der Waals surface area contributed by atoms with Crippen molar-refractivity contribution in [2.75, 3.05) is 26.3 Å². The van der Waals surface area contributed by atoms with Crippen LogP contribution in [0.1, 0.15) is 16.1 Å². The number of halogens is 1. The molecule has 3 heterocycles. The van der Waals surface area contributed by atoms with E-state index in [0.29, 0.717) is 48.8 Å². The summed E-state index contributed by atoms with van der Waals surface area (Å²) in [4.78, 5) is 15.0. The molecular weight excluding hydrogens is 409 g/mol. The normalized spacial score (nSPS) is 17.3. The quantitative estimate of drug-likeness (QED) is 0.628. The van der Waals surface area contributed by atoms with Gasteiger partial charge in [-0.25, -0.2) is 17.5 Å². The number of fused-ring (bicyclic) bond motifs is 3. The number of benzene rings is 2. The van der Waals surface area contributed by atoms with Gasteiger partial charge < -0.3 is 9.64 Å². The summed E-state index contributed by atoms with van der Waals surface area (Å²) in [5.74, 6) is -1.13. The van der Waals surface area contributed by atoms with Crippen LogP contribution in [-0.4, -0.2) is 55.3 Å². The molecule has 0 aliphatic carbocycles. The maximum atomic E-state index is 13.9. The van der Waals surface area contributed by atoms with Crippen LogP contribution in [0.3, 0.4) is 0 Å². The highest BCUT2D eigenvalue weighted by Gasteiger charge is 2.37. The average molecular weight is 427 g/mol. The number of amides is 1. The van der Waals surface area contributed by atoms with Gasteiger partial charge in [-0.05, 0) is 24.3 Å². The fourth-order valence-electron chi connectivity index (χ4n) is 3.95. The fraction of sp³-hybridized carbons (Fsp3) is 0.238. The summed E-state index contributed by atoms with van der Waals surface area (Å²) in [6.07, 6.45) is 0. The zero-order valence-electron chi connectivity index (χ0n) is 15.9. The van der Waals surface area contributed by atoms with E-state index in [4.69, 9.17) is 4.74 Å². The minimum atomic E-state index is -3.64. The summed E-state index contributed by atoms with van der Waals surface area (Å²) in [6, 6.07) is 12.5. The molecule has 0 unspecified atom stereocenters. The molecule has 5 rings (SSSR count). The van der Waals surface area contributed by atoms with Crippen LogP contribution in [0, 0.1) is 5.82 Å². The van der Waals surface area contributed by atoms with Gasteiger partial charge in [0.25, 0.3) is 5.91 Å². The van der Waals surface area contributed by atoms with Crippen molar-refractivity contribution < 1.29 is 22.3 Å². The lowest BCUT2D eigenvalue weighted by atomic mass is 10.0. The van der Waals surface area contributed by atoms with Crippen LogP contribution in [0.5, 0.6) is 0 Å². The first kappa shape index (κ1) is 19.0. The molecule has 7 nitrogen and oxygen atoms in total. The van der Waals surface area contributed by atoms with Gasteiger partial charge in [-0.1, -0.05) is 24.3 Å². The molecule has 1 amide bonds. The number of ether oxygens (including phenoxy) is 1. The van der Waals surface area contributed by atoms with E-state index in [2.05, 4.69) is 5.10 Å². The Bertz CT molecular complexity index is 1260. The largest absolute Gasteiger partial charge is 0.378 e. The Morgan fingerprint density at radius 1 is 1.07 bits per heavy atom. The van der Waals surface area contributed by atoms with Gasteiger partial charge in [-0.15, -0.1) is 0 Å². The van der Waals surface area contributed by atoms with Crippen LogP contribution >= 0.6 is 0 Å². The fourth-order valence-corrected chi connectivity index (χ4v) is 5.54. The number of hydrogen-bond acceptors (Lipinski definition) is 5. The van der Waals surface area contributed by atoms with Gasteiger partial charge in [0.05, 0.1) is 35.2 Å². The highest BCUT2D eigenvalue weighted by molar-refractivity contribution is 7.90. The number of aromatic nitrogens is 2. The van der Waals surface area contributed by atoms with Crippen molar-refractivity contribution >= 4 is 15.7 Å². The Morgan fingerprint density at radius 2 is 1.83 bits per heavy atom. The number of nitrogens with zero attached hydrogens (tertiary/aromatic N) is 3. The third kappa shape index (κ3) is 3.01. The van der Waals surface area contributed by atoms with Crippen molar-refractivity contribution in [2.45, 2.75) is 10.6 Å². The Balaban J connectivity index is 1.76. The Hall–Kier alpha value is -3.04. The minimum absolute atomic E-state index is 0.0780. The lowest BCUT2D eigenvalue weighted by Crippen LogP contribution is -2.41. The van der Waals surface area contributed by atoms with Gasteiger partial charge in [0.15, 0.2) is 15.5 Å². The molecule has 2 aliphatic rings. The van der Waals surface area contributed by atoms with Crippen LogP contribution in [0.15, 0.2) is 53.4 Å². The molecule has 1 fully saturated rings. The lowest BCUT2D eigenvalue weighted by molar-refractivity contribution is 0.0298. The van der Waals surface area contributed by atoms with Crippen molar-refractivity contribution in [3.8, 4) is 16.9 Å². The summed E-state index contributed by atoms with van der Waals surface area (Å²) in [6.45, 7) is 1.65. The van der Waals surface area contributed by atoms with Crippen LogP contribution in [0.25, 0.3) is 16.9 Å². The lowest BCUT2D eigenvalue weighted by Gasteiger charge is -2.26. The van der Waals surface area contributed by atoms with Gasteiger partial charge >= 0.3 is 0 Å². The van der Waals surface area contributed by atoms with Gasteiger partial charge in [0.2, 0.25) is 0 Å². The van der Waals surface area contributed by atoms with Gasteiger partial charge in [-0.3, -0.25) is 4.79 Å². The molecule has 9 heteroatoms. The number of morpholine rings is 1. The molecule has 2 aliphatic heterocycles. The second-order valence-electron chi connectivity index (χ2n) is 7.23. The predicted octanol–water partition coefficient (Wildman–Crippen LogP) is 2.44. The van der Waals surface area contributed by atoms with E-state index < -0.39 is 15.7 Å². The predicted molar refractivity (Wildman–Crippen MR) is 107 cm³/mol. The molecule has 2 aromatic carbocycles. The Morgan fingerprint density at radius 3 is 2.60 bits per heavy atom. The smallest absolute Gasteiger partial charge is 0.274 e. The SMILES string of the molecule is O=C(c1nn(-c2cccc(F)c2)c2c1CS(=O)(=O)c1ccccc1-2)N1CCOCC1. The molecule has 0 atom stereocenters. The van der Waals surface area contributed by atoms with E-state index in [9.17, 15) is 17.6 Å². The second-order valence-corrected chi connectivity index (χ2v) is 9.19. The van der Waals surface area contributed by atoms with Gasteiger partial charge in [0, 0.05) is 24.2 Å². The topological polar surface area (TPSA) is 81.5 Å². The highest BCUT2D eigenvalue weighted by atomic mass is 32.2. The third-order valence-electron chi connectivity index (χ3n) is 5.35. The molecular formula is C21H18FN3O4S. The van der Waals surface area contributed by atoms with Crippen LogP contribution in [0.4, 0.5) is 4.39 Å². The monoisotopic (exact) mass is 427 g/mol. The van der Waals surface area contributed by atoms with E-state index in [0.717, 1.165) is 0 Å². The van der Waals surface area contributed by atoms with Crippen LogP contribution < -0.4 is 0 Å². The zero-order chi connectivity index (χ0) is 20.9. The van der Waals surface area contributed by atoms with E-state index in [-0.39, 0.29) is 22.2 Å². The van der Waals surface area contributed by atoms with Crippen molar-refractivity contribution in [1.29, 1.82) is 0 Å². The van der Waals surface area contributed by atoms with Crippen LogP contribution in [0.2, 0.25) is 0 Å². The van der Waals surface area contributed by atoms with Crippen molar-refractivity contribution in [1.82, 2.24) is 14.7 Å². The number of carbonyl (C=O) groups excluding carboxylic acids is 1. The molecule has 1 aromatic heterocycles. The molecule has 1 saturated heterocycles. The zero-order valence-corrected chi connectivity index (χ0v) is 16.7. The van der Waals surface area contributed by atoms with E-state index >= 15 is 0 Å². The molecule has 0 bridgehead atoms. The first-order valence-electron chi connectivity index (χ1n) is 9.53. The first-order valence-corrected chi connectivity index (χ1v) is 11.2. The van der Waals surface area contributed by atoms with Gasteiger partial charge in [-0.2, -0.15) is 5.10 Å². The Labute approximate surface area is 172 Å². The maximum Gasteiger partial charge on any atom is 0.274 e. The molecule has 0 spiro atoms. The van der Waals surface area contributed by atoms with E-state index in [1.54, 1.807) is 41.3 Å². The summed E-state index contributed by atoms with van der Waals surface area (Å²) < 4.78 is 46.6. The molecule has 3 aromatic rings. The van der Waals surface area contributed by atoms with E-state index in [1.165, 1.54) is 16.8 Å². The third-order valence-corrected chi connectivity index (χ3v) is 7.04. The molecule has 0 saturated carbocycles.